The lowest BCUT2D eigenvalue weighted by Crippen LogP contribution is -2.14. The number of methoxy groups -OCH3 is 2. The second-order valence-corrected chi connectivity index (χ2v) is 5.00. The van der Waals surface area contributed by atoms with Gasteiger partial charge in [0, 0.05) is 24.7 Å². The largest absolute Gasteiger partial charge is 0.480 e. The van der Waals surface area contributed by atoms with Crippen LogP contribution in [0, 0.1) is 0 Å². The van der Waals surface area contributed by atoms with Crippen LogP contribution in [0.2, 0.25) is 0 Å². The zero-order valence-corrected chi connectivity index (χ0v) is 11.6. The number of rotatable bonds is 7. The van der Waals surface area contributed by atoms with E-state index in [4.69, 9.17) is 14.6 Å². The van der Waals surface area contributed by atoms with E-state index in [9.17, 15) is 4.79 Å². The van der Waals surface area contributed by atoms with Crippen molar-refractivity contribution in [3.63, 3.8) is 0 Å². The van der Waals surface area contributed by atoms with E-state index in [-0.39, 0.29) is 6.29 Å². The zero-order valence-electron chi connectivity index (χ0n) is 10.8. The summed E-state index contributed by atoms with van der Waals surface area (Å²) in [6, 6.07) is 7.54. The molecule has 1 rings (SSSR count). The summed E-state index contributed by atoms with van der Waals surface area (Å²) in [4.78, 5) is 11.9. The number of thioether (sulfide) groups is 1. The van der Waals surface area contributed by atoms with E-state index < -0.39 is 11.2 Å². The fourth-order valence-corrected chi connectivity index (χ4v) is 2.43. The summed E-state index contributed by atoms with van der Waals surface area (Å²) in [7, 11) is 3.16. The first-order valence-corrected chi connectivity index (χ1v) is 6.55. The molecule has 4 nitrogen and oxygen atoms in total. The number of benzene rings is 1. The van der Waals surface area contributed by atoms with Crippen LogP contribution in [0.1, 0.15) is 25.2 Å². The smallest absolute Gasteiger partial charge is 0.316 e. The number of ether oxygens (including phenoxy) is 2. The minimum absolute atomic E-state index is 0.384. The second-order valence-electron chi connectivity index (χ2n) is 3.73. The standard InChI is InChI=1S/C13H18O4S/c1-4-11(12(14)15)18-10-7-5-9(6-8-10)13(16-2)17-3/h5-8,11,13H,4H2,1-3H3,(H,14,15). The van der Waals surface area contributed by atoms with Crippen molar-refractivity contribution in [2.24, 2.45) is 0 Å². The number of aliphatic carboxylic acids is 1. The molecule has 0 aliphatic heterocycles. The molecule has 0 bridgehead atoms. The van der Waals surface area contributed by atoms with Crippen molar-refractivity contribution in [3.8, 4) is 0 Å². The van der Waals surface area contributed by atoms with Crippen LogP contribution >= 0.6 is 11.8 Å². The van der Waals surface area contributed by atoms with Crippen LogP contribution in [-0.2, 0) is 14.3 Å². The molecule has 0 saturated carbocycles. The Morgan fingerprint density at radius 2 is 1.83 bits per heavy atom. The van der Waals surface area contributed by atoms with Crippen LogP contribution in [0.25, 0.3) is 0 Å². The quantitative estimate of drug-likeness (QED) is 0.610. The van der Waals surface area contributed by atoms with Crippen molar-refractivity contribution >= 4 is 17.7 Å². The number of carboxylic acid groups (broad SMARTS) is 1. The van der Waals surface area contributed by atoms with Gasteiger partial charge < -0.3 is 14.6 Å². The lowest BCUT2D eigenvalue weighted by atomic mass is 10.2. The van der Waals surface area contributed by atoms with Gasteiger partial charge in [0.1, 0.15) is 5.25 Å². The van der Waals surface area contributed by atoms with Gasteiger partial charge in [0.2, 0.25) is 0 Å². The van der Waals surface area contributed by atoms with E-state index in [2.05, 4.69) is 0 Å². The SMILES string of the molecule is CCC(Sc1ccc(C(OC)OC)cc1)C(=O)O. The first kappa shape index (κ1) is 15.0. The Labute approximate surface area is 111 Å². The number of carbonyl (C=O) groups is 1. The molecule has 18 heavy (non-hydrogen) atoms. The van der Waals surface area contributed by atoms with Crippen LogP contribution in [0.3, 0.4) is 0 Å². The van der Waals surface area contributed by atoms with Gasteiger partial charge in [-0.3, -0.25) is 4.79 Å². The minimum Gasteiger partial charge on any atom is -0.480 e. The molecule has 1 aromatic rings. The summed E-state index contributed by atoms with van der Waals surface area (Å²) < 4.78 is 10.3. The maximum atomic E-state index is 10.9. The van der Waals surface area contributed by atoms with Crippen molar-refractivity contribution in [2.45, 2.75) is 29.8 Å². The third-order valence-electron chi connectivity index (χ3n) is 2.50. The molecular weight excluding hydrogens is 252 g/mol. The maximum absolute atomic E-state index is 10.9. The van der Waals surface area contributed by atoms with Gasteiger partial charge in [0.15, 0.2) is 6.29 Å². The lowest BCUT2D eigenvalue weighted by Gasteiger charge is -2.14. The number of carboxylic acids is 1. The summed E-state index contributed by atoms with van der Waals surface area (Å²) in [5.74, 6) is -0.779. The molecule has 0 aromatic heterocycles. The Morgan fingerprint density at radius 1 is 1.28 bits per heavy atom. The summed E-state index contributed by atoms with van der Waals surface area (Å²) >= 11 is 1.35. The van der Waals surface area contributed by atoms with Gasteiger partial charge in [-0.25, -0.2) is 0 Å². The number of hydrogen-bond donors (Lipinski definition) is 1. The van der Waals surface area contributed by atoms with Crippen LogP contribution in [-0.4, -0.2) is 30.5 Å². The van der Waals surface area contributed by atoms with E-state index in [1.807, 2.05) is 31.2 Å². The molecule has 0 aliphatic carbocycles. The van der Waals surface area contributed by atoms with Crippen molar-refractivity contribution in [3.05, 3.63) is 29.8 Å². The Hall–Kier alpha value is -1.04. The van der Waals surface area contributed by atoms with Crippen LogP contribution < -0.4 is 0 Å². The summed E-state index contributed by atoms with van der Waals surface area (Å²) in [5, 5.41) is 8.59. The van der Waals surface area contributed by atoms with Crippen LogP contribution in [0.4, 0.5) is 0 Å². The molecule has 1 unspecified atom stereocenters. The van der Waals surface area contributed by atoms with Crippen molar-refractivity contribution in [1.29, 1.82) is 0 Å². The average molecular weight is 270 g/mol. The second kappa shape index (κ2) is 7.41. The Morgan fingerprint density at radius 3 is 2.22 bits per heavy atom. The van der Waals surface area contributed by atoms with Crippen molar-refractivity contribution in [2.75, 3.05) is 14.2 Å². The molecule has 0 aliphatic rings. The highest BCUT2D eigenvalue weighted by Crippen LogP contribution is 2.27. The maximum Gasteiger partial charge on any atom is 0.316 e. The van der Waals surface area contributed by atoms with Gasteiger partial charge in [0.05, 0.1) is 0 Å². The molecule has 0 fully saturated rings. The van der Waals surface area contributed by atoms with E-state index in [1.54, 1.807) is 14.2 Å². The first-order chi connectivity index (χ1) is 8.62. The van der Waals surface area contributed by atoms with Crippen molar-refractivity contribution < 1.29 is 19.4 Å². The van der Waals surface area contributed by atoms with Crippen molar-refractivity contribution in [1.82, 2.24) is 0 Å². The topological polar surface area (TPSA) is 55.8 Å². The fourth-order valence-electron chi connectivity index (χ4n) is 1.54. The molecule has 5 heteroatoms. The van der Waals surface area contributed by atoms with Gasteiger partial charge >= 0.3 is 5.97 Å². The molecule has 1 atom stereocenters. The predicted molar refractivity (Wildman–Crippen MR) is 70.8 cm³/mol. The van der Waals surface area contributed by atoms with E-state index in [1.165, 1.54) is 11.8 Å². The Kier molecular flexibility index (Phi) is 6.18. The molecule has 0 saturated heterocycles. The highest BCUT2D eigenvalue weighted by Gasteiger charge is 2.16. The summed E-state index contributed by atoms with van der Waals surface area (Å²) in [5.41, 5.74) is 0.910. The summed E-state index contributed by atoms with van der Waals surface area (Å²) in [6.07, 6.45) is 0.214. The van der Waals surface area contributed by atoms with E-state index in [0.717, 1.165) is 10.5 Å². The van der Waals surface area contributed by atoms with E-state index >= 15 is 0 Å². The molecule has 100 valence electrons. The molecule has 0 heterocycles. The van der Waals surface area contributed by atoms with E-state index in [0.29, 0.717) is 6.42 Å². The normalized spacial score (nSPS) is 12.7. The van der Waals surface area contributed by atoms with Gasteiger partial charge in [-0.1, -0.05) is 19.1 Å². The van der Waals surface area contributed by atoms with Gasteiger partial charge in [0.25, 0.3) is 0 Å². The first-order valence-electron chi connectivity index (χ1n) is 5.67. The van der Waals surface area contributed by atoms with Gasteiger partial charge in [-0.2, -0.15) is 0 Å². The average Bonchev–Trinajstić information content (AvgIpc) is 2.38. The van der Waals surface area contributed by atoms with Gasteiger partial charge in [-0.05, 0) is 18.6 Å². The summed E-state index contributed by atoms with van der Waals surface area (Å²) in [6.45, 7) is 1.87. The Balaban J connectivity index is 2.73. The zero-order chi connectivity index (χ0) is 13.5. The minimum atomic E-state index is -0.779. The Bertz CT molecular complexity index is 373. The lowest BCUT2D eigenvalue weighted by molar-refractivity contribution is -0.136. The molecule has 1 aromatic carbocycles. The molecule has 0 radical (unpaired) electrons. The number of hydrogen-bond acceptors (Lipinski definition) is 4. The van der Waals surface area contributed by atoms with Crippen LogP contribution in [0.15, 0.2) is 29.2 Å². The third kappa shape index (κ3) is 4.01. The highest BCUT2D eigenvalue weighted by molar-refractivity contribution is 8.00. The third-order valence-corrected chi connectivity index (χ3v) is 3.87. The van der Waals surface area contributed by atoms with Crippen LogP contribution in [0.5, 0.6) is 0 Å². The molecule has 1 N–H and O–H groups in total. The van der Waals surface area contributed by atoms with Gasteiger partial charge in [-0.15, -0.1) is 11.8 Å². The molecular formula is C13H18O4S. The molecule has 0 amide bonds. The highest BCUT2D eigenvalue weighted by atomic mass is 32.2. The fraction of sp³-hybridized carbons (Fsp3) is 0.462. The molecule has 0 spiro atoms. The predicted octanol–water partition coefficient (Wildman–Crippen LogP) is 2.93. The monoisotopic (exact) mass is 270 g/mol.